The van der Waals surface area contributed by atoms with Gasteiger partial charge in [0.15, 0.2) is 0 Å². The minimum Gasteiger partial charge on any atom is -0.494 e. The number of urea groups is 1. The smallest absolute Gasteiger partial charge is 0.316 e. The Labute approximate surface area is 123 Å². The molecule has 2 rings (SSSR count). The third-order valence-electron chi connectivity index (χ3n) is 3.44. The van der Waals surface area contributed by atoms with Crippen LogP contribution >= 0.6 is 0 Å². The molecule has 114 valence electrons. The van der Waals surface area contributed by atoms with E-state index in [0.29, 0.717) is 17.1 Å². The molecule has 1 fully saturated rings. The van der Waals surface area contributed by atoms with E-state index in [1.54, 1.807) is 18.2 Å². The van der Waals surface area contributed by atoms with Crippen molar-refractivity contribution >= 4 is 23.3 Å². The molecule has 1 aromatic carbocycles. The molecule has 7 nitrogen and oxygen atoms in total. The predicted molar refractivity (Wildman–Crippen MR) is 80.4 cm³/mol. The molecule has 0 aromatic heterocycles. The van der Waals surface area contributed by atoms with E-state index in [-0.39, 0.29) is 11.8 Å². The van der Waals surface area contributed by atoms with Crippen molar-refractivity contribution in [1.29, 1.82) is 0 Å². The van der Waals surface area contributed by atoms with Gasteiger partial charge in [-0.15, -0.1) is 0 Å². The van der Waals surface area contributed by atoms with Gasteiger partial charge in [-0.2, -0.15) is 0 Å². The lowest BCUT2D eigenvalue weighted by Gasteiger charge is -2.22. The number of nitrogens with one attached hydrogen (secondary N) is 3. The molecular formula is C14H20N4O3. The first-order valence-corrected chi connectivity index (χ1v) is 6.86. The topological polar surface area (TPSA) is 105 Å². The van der Waals surface area contributed by atoms with Crippen molar-refractivity contribution in [2.45, 2.75) is 12.8 Å². The molecule has 0 bridgehead atoms. The normalized spacial score (nSPS) is 15.3. The number of nitrogens with two attached hydrogens (primary N) is 1. The number of primary amides is 1. The Morgan fingerprint density at radius 2 is 2.00 bits per heavy atom. The van der Waals surface area contributed by atoms with Crippen LogP contribution in [0.2, 0.25) is 0 Å². The molecule has 0 spiro atoms. The van der Waals surface area contributed by atoms with Gasteiger partial charge in [0.2, 0.25) is 5.91 Å². The summed E-state index contributed by atoms with van der Waals surface area (Å²) in [7, 11) is 1.49. The van der Waals surface area contributed by atoms with Gasteiger partial charge in [-0.05, 0) is 38.1 Å². The van der Waals surface area contributed by atoms with Gasteiger partial charge in [-0.3, -0.25) is 4.79 Å². The van der Waals surface area contributed by atoms with Gasteiger partial charge < -0.3 is 26.4 Å². The highest BCUT2D eigenvalue weighted by molar-refractivity contribution is 5.94. The molecule has 3 amide bonds. The quantitative estimate of drug-likeness (QED) is 0.667. The molecule has 0 atom stereocenters. The van der Waals surface area contributed by atoms with E-state index in [4.69, 9.17) is 10.5 Å². The van der Waals surface area contributed by atoms with Gasteiger partial charge in [0.1, 0.15) is 5.75 Å². The van der Waals surface area contributed by atoms with Crippen LogP contribution in [0.15, 0.2) is 18.2 Å². The van der Waals surface area contributed by atoms with E-state index >= 15 is 0 Å². The molecule has 1 aliphatic heterocycles. The second kappa shape index (κ2) is 6.94. The molecule has 0 saturated carbocycles. The number of hydrogen-bond acceptors (Lipinski definition) is 4. The molecule has 7 heteroatoms. The average molecular weight is 292 g/mol. The first-order chi connectivity index (χ1) is 10.1. The summed E-state index contributed by atoms with van der Waals surface area (Å²) in [6, 6.07) is 4.33. The number of ether oxygens (including phenoxy) is 1. The zero-order valence-electron chi connectivity index (χ0n) is 11.9. The fourth-order valence-electron chi connectivity index (χ4n) is 2.33. The number of rotatable bonds is 4. The summed E-state index contributed by atoms with van der Waals surface area (Å²) in [5, 5.41) is 8.56. The SMILES string of the molecule is COc1cc(NC(=O)C2CCNCC2)ccc1NC(N)=O. The number of methoxy groups -OCH3 is 1. The highest BCUT2D eigenvalue weighted by Crippen LogP contribution is 2.28. The second-order valence-corrected chi connectivity index (χ2v) is 4.92. The summed E-state index contributed by atoms with van der Waals surface area (Å²) in [4.78, 5) is 23.0. The maximum absolute atomic E-state index is 12.2. The highest BCUT2D eigenvalue weighted by Gasteiger charge is 2.21. The van der Waals surface area contributed by atoms with E-state index in [1.807, 2.05) is 0 Å². The molecule has 1 aromatic rings. The molecule has 21 heavy (non-hydrogen) atoms. The summed E-state index contributed by atoms with van der Waals surface area (Å²) in [5.41, 5.74) is 6.18. The van der Waals surface area contributed by atoms with Crippen LogP contribution in [-0.2, 0) is 4.79 Å². The van der Waals surface area contributed by atoms with Crippen LogP contribution in [-0.4, -0.2) is 32.1 Å². The fraction of sp³-hybridized carbons (Fsp3) is 0.429. The number of piperidine rings is 1. The van der Waals surface area contributed by atoms with Gasteiger partial charge in [0.25, 0.3) is 0 Å². The predicted octanol–water partition coefficient (Wildman–Crippen LogP) is 1.12. The Kier molecular flexibility index (Phi) is 4.99. The minimum absolute atomic E-state index is 0.00848. The standard InChI is InChI=1S/C14H20N4O3/c1-21-12-8-10(2-3-11(12)18-14(15)20)17-13(19)9-4-6-16-7-5-9/h2-3,8-9,16H,4-7H2,1H3,(H,17,19)(H3,15,18,20). The Morgan fingerprint density at radius 1 is 1.29 bits per heavy atom. The zero-order chi connectivity index (χ0) is 15.2. The first-order valence-electron chi connectivity index (χ1n) is 6.86. The number of amides is 3. The molecule has 1 aliphatic rings. The van der Waals surface area contributed by atoms with Gasteiger partial charge in [-0.1, -0.05) is 0 Å². The van der Waals surface area contributed by atoms with E-state index in [9.17, 15) is 9.59 Å². The lowest BCUT2D eigenvalue weighted by Crippen LogP contribution is -2.34. The van der Waals surface area contributed by atoms with E-state index in [0.717, 1.165) is 25.9 Å². The first kappa shape index (κ1) is 15.1. The number of carbonyl (C=O) groups is 2. The lowest BCUT2D eigenvalue weighted by molar-refractivity contribution is -0.120. The number of benzene rings is 1. The van der Waals surface area contributed by atoms with Crippen molar-refractivity contribution in [2.75, 3.05) is 30.8 Å². The van der Waals surface area contributed by atoms with Crippen molar-refractivity contribution in [3.05, 3.63) is 18.2 Å². The van der Waals surface area contributed by atoms with Gasteiger partial charge in [0.05, 0.1) is 12.8 Å². The summed E-state index contributed by atoms with van der Waals surface area (Å²) >= 11 is 0. The Morgan fingerprint density at radius 3 is 2.62 bits per heavy atom. The maximum Gasteiger partial charge on any atom is 0.316 e. The molecule has 0 aliphatic carbocycles. The van der Waals surface area contributed by atoms with Crippen molar-refractivity contribution in [3.8, 4) is 5.75 Å². The molecule has 1 saturated heterocycles. The van der Waals surface area contributed by atoms with Crippen LogP contribution in [0.1, 0.15) is 12.8 Å². The average Bonchev–Trinajstić information content (AvgIpc) is 2.49. The van der Waals surface area contributed by atoms with Crippen molar-refractivity contribution < 1.29 is 14.3 Å². The van der Waals surface area contributed by atoms with Crippen LogP contribution in [0.25, 0.3) is 0 Å². The van der Waals surface area contributed by atoms with Crippen LogP contribution < -0.4 is 26.4 Å². The van der Waals surface area contributed by atoms with E-state index in [1.165, 1.54) is 7.11 Å². The number of carbonyl (C=O) groups excluding carboxylic acids is 2. The molecule has 5 N–H and O–H groups in total. The molecule has 0 radical (unpaired) electrons. The van der Waals surface area contributed by atoms with Crippen molar-refractivity contribution in [1.82, 2.24) is 5.32 Å². The summed E-state index contributed by atoms with van der Waals surface area (Å²) in [6.45, 7) is 1.73. The van der Waals surface area contributed by atoms with Gasteiger partial charge in [-0.25, -0.2) is 4.79 Å². The van der Waals surface area contributed by atoms with Crippen LogP contribution in [0, 0.1) is 5.92 Å². The molecule has 1 heterocycles. The second-order valence-electron chi connectivity index (χ2n) is 4.92. The summed E-state index contributed by atoms with van der Waals surface area (Å²) in [6.07, 6.45) is 1.68. The summed E-state index contributed by atoms with van der Waals surface area (Å²) < 4.78 is 5.18. The van der Waals surface area contributed by atoms with Crippen LogP contribution in [0.3, 0.4) is 0 Å². The third-order valence-corrected chi connectivity index (χ3v) is 3.44. The minimum atomic E-state index is -0.667. The van der Waals surface area contributed by atoms with Crippen molar-refractivity contribution in [3.63, 3.8) is 0 Å². The zero-order valence-corrected chi connectivity index (χ0v) is 11.9. The molecular weight excluding hydrogens is 272 g/mol. The summed E-state index contributed by atoms with van der Waals surface area (Å²) in [5.74, 6) is 0.478. The van der Waals surface area contributed by atoms with Crippen LogP contribution in [0.4, 0.5) is 16.2 Å². The van der Waals surface area contributed by atoms with Crippen molar-refractivity contribution in [2.24, 2.45) is 11.7 Å². The Balaban J connectivity index is 2.06. The van der Waals surface area contributed by atoms with Crippen LogP contribution in [0.5, 0.6) is 5.75 Å². The Hall–Kier alpha value is -2.28. The lowest BCUT2D eigenvalue weighted by atomic mass is 9.97. The number of hydrogen-bond donors (Lipinski definition) is 4. The molecule has 0 unspecified atom stereocenters. The fourth-order valence-corrected chi connectivity index (χ4v) is 2.33. The Bertz CT molecular complexity index is 527. The van der Waals surface area contributed by atoms with Gasteiger partial charge >= 0.3 is 6.03 Å². The maximum atomic E-state index is 12.2. The monoisotopic (exact) mass is 292 g/mol. The van der Waals surface area contributed by atoms with E-state index < -0.39 is 6.03 Å². The largest absolute Gasteiger partial charge is 0.494 e. The van der Waals surface area contributed by atoms with E-state index in [2.05, 4.69) is 16.0 Å². The highest BCUT2D eigenvalue weighted by atomic mass is 16.5. The number of anilines is 2. The van der Waals surface area contributed by atoms with Gasteiger partial charge in [0, 0.05) is 17.7 Å². The third kappa shape index (κ3) is 4.09.